The van der Waals surface area contributed by atoms with E-state index in [0.717, 1.165) is 122 Å². The Morgan fingerprint density at radius 1 is 1.12 bits per heavy atom. The summed E-state index contributed by atoms with van der Waals surface area (Å²) in [5.74, 6) is 1.66. The highest BCUT2D eigenvalue weighted by Crippen LogP contribution is 2.41. The predicted molar refractivity (Wildman–Crippen MR) is 163 cm³/mol. The van der Waals surface area contributed by atoms with Crippen LogP contribution in [0.15, 0.2) is 18.2 Å². The average Bonchev–Trinajstić information content (AvgIpc) is 3.00. The molecule has 1 aromatic carbocycles. The number of fused-ring (bicyclic) bond motifs is 1. The van der Waals surface area contributed by atoms with Gasteiger partial charge in [0.1, 0.15) is 11.4 Å². The number of nitrogens with one attached hydrogen (secondary N) is 2. The summed E-state index contributed by atoms with van der Waals surface area (Å²) in [5, 5.41) is 6.88. The number of nitrogens with zero attached hydrogens (tertiary/aromatic N) is 1. The second-order valence-corrected chi connectivity index (χ2v) is 13.4. The molecule has 2 N–H and O–H groups in total. The third-order valence-corrected chi connectivity index (χ3v) is 9.57. The van der Waals surface area contributed by atoms with E-state index in [1.165, 1.54) is 5.56 Å². The first-order chi connectivity index (χ1) is 20.4. The minimum Gasteiger partial charge on any atom is -0.483 e. The molecule has 4 aliphatic heterocycles. The number of carbonyl (C=O) groups is 1. The Morgan fingerprint density at radius 2 is 1.90 bits per heavy atom. The van der Waals surface area contributed by atoms with Crippen molar-refractivity contribution in [2.75, 3.05) is 71.2 Å². The molecule has 0 aliphatic carbocycles. The van der Waals surface area contributed by atoms with Gasteiger partial charge in [-0.1, -0.05) is 19.9 Å². The molecule has 0 radical (unpaired) electrons. The van der Waals surface area contributed by atoms with Crippen LogP contribution in [-0.2, 0) is 30.3 Å². The first-order valence-electron chi connectivity index (χ1n) is 16.2. The van der Waals surface area contributed by atoms with Gasteiger partial charge in [0.05, 0.1) is 38.2 Å². The molecule has 1 spiro atoms. The minimum atomic E-state index is -0.403. The quantitative estimate of drug-likeness (QED) is 0.354. The maximum atomic E-state index is 13.0. The van der Waals surface area contributed by atoms with E-state index in [9.17, 15) is 4.79 Å². The first kappa shape index (κ1) is 31.5. The fraction of sp³-hybridized carbons (Fsp3) is 0.788. The Morgan fingerprint density at radius 3 is 2.64 bits per heavy atom. The van der Waals surface area contributed by atoms with Gasteiger partial charge in [-0.05, 0) is 62.1 Å². The van der Waals surface area contributed by atoms with Gasteiger partial charge in [0, 0.05) is 70.9 Å². The summed E-state index contributed by atoms with van der Waals surface area (Å²) in [5.41, 5.74) is 1.76. The zero-order chi connectivity index (χ0) is 29.4. The number of carbonyl (C=O) groups excluding carboxylic acids is 1. The molecular weight excluding hydrogens is 534 g/mol. The predicted octanol–water partition coefficient (Wildman–Crippen LogP) is 4.07. The highest BCUT2D eigenvalue weighted by Gasteiger charge is 2.41. The van der Waals surface area contributed by atoms with Crippen molar-refractivity contribution < 1.29 is 28.5 Å². The summed E-state index contributed by atoms with van der Waals surface area (Å²) < 4.78 is 29.4. The summed E-state index contributed by atoms with van der Waals surface area (Å²) in [6.07, 6.45) is 7.91. The van der Waals surface area contributed by atoms with E-state index in [2.05, 4.69) is 47.6 Å². The average molecular weight is 588 g/mol. The SMILES string of the molecule is COCCCN1CC2(CCOCC2)Oc2ccc(CO[C@@H]3CCC(CC(C)(C)C(=O)NCC4CCOCC4)NC3)cc21. The molecule has 1 aromatic rings. The summed E-state index contributed by atoms with van der Waals surface area (Å²) in [4.78, 5) is 15.4. The number of anilines is 1. The van der Waals surface area contributed by atoms with Crippen molar-refractivity contribution in [1.82, 2.24) is 10.6 Å². The Kier molecular flexibility index (Phi) is 11.0. The van der Waals surface area contributed by atoms with Crippen LogP contribution in [0.3, 0.4) is 0 Å². The second kappa shape index (κ2) is 14.7. The molecule has 3 fully saturated rings. The fourth-order valence-corrected chi connectivity index (χ4v) is 6.84. The van der Waals surface area contributed by atoms with Gasteiger partial charge in [-0.3, -0.25) is 4.79 Å². The molecule has 236 valence electrons. The Bertz CT molecular complexity index is 1000. The molecule has 5 rings (SSSR count). The van der Waals surface area contributed by atoms with Gasteiger partial charge in [0.25, 0.3) is 0 Å². The molecule has 4 aliphatic rings. The van der Waals surface area contributed by atoms with Crippen molar-refractivity contribution in [2.24, 2.45) is 11.3 Å². The topological polar surface area (TPSA) is 90.5 Å². The fourth-order valence-electron chi connectivity index (χ4n) is 6.84. The zero-order valence-electron chi connectivity index (χ0n) is 26.1. The summed E-state index contributed by atoms with van der Waals surface area (Å²) in [6, 6.07) is 6.84. The van der Waals surface area contributed by atoms with Gasteiger partial charge in [-0.25, -0.2) is 0 Å². The molecule has 1 amide bonds. The Labute approximate surface area is 252 Å². The molecule has 0 saturated carbocycles. The molecule has 1 unspecified atom stereocenters. The number of methoxy groups -OCH3 is 1. The molecule has 9 heteroatoms. The van der Waals surface area contributed by atoms with Gasteiger partial charge in [-0.2, -0.15) is 0 Å². The lowest BCUT2D eigenvalue weighted by molar-refractivity contribution is -0.130. The van der Waals surface area contributed by atoms with Crippen LogP contribution in [0.5, 0.6) is 5.75 Å². The van der Waals surface area contributed by atoms with Crippen LogP contribution in [0.1, 0.15) is 70.8 Å². The highest BCUT2D eigenvalue weighted by molar-refractivity contribution is 5.81. The third kappa shape index (κ3) is 8.38. The van der Waals surface area contributed by atoms with E-state index in [4.69, 9.17) is 23.7 Å². The van der Waals surface area contributed by atoms with Crippen LogP contribution in [0.4, 0.5) is 5.69 Å². The maximum Gasteiger partial charge on any atom is 0.225 e. The second-order valence-electron chi connectivity index (χ2n) is 13.4. The van der Waals surface area contributed by atoms with Gasteiger partial charge >= 0.3 is 0 Å². The van der Waals surface area contributed by atoms with Crippen molar-refractivity contribution in [3.63, 3.8) is 0 Å². The number of ether oxygens (including phenoxy) is 5. The Hall–Kier alpha value is -1.91. The molecule has 3 saturated heterocycles. The molecule has 4 heterocycles. The Balaban J connectivity index is 1.09. The van der Waals surface area contributed by atoms with E-state index in [0.29, 0.717) is 18.6 Å². The number of piperidine rings is 1. The largest absolute Gasteiger partial charge is 0.483 e. The number of hydrogen-bond donors (Lipinski definition) is 2. The monoisotopic (exact) mass is 587 g/mol. The molecular formula is C33H53N3O6. The lowest BCUT2D eigenvalue weighted by Gasteiger charge is -2.46. The normalized spacial score (nSPS) is 24.7. The van der Waals surface area contributed by atoms with Gasteiger partial charge in [-0.15, -0.1) is 0 Å². The first-order valence-corrected chi connectivity index (χ1v) is 16.2. The number of rotatable bonds is 12. The van der Waals surface area contributed by atoms with E-state index < -0.39 is 5.41 Å². The van der Waals surface area contributed by atoms with E-state index >= 15 is 0 Å². The summed E-state index contributed by atoms with van der Waals surface area (Å²) in [7, 11) is 1.76. The van der Waals surface area contributed by atoms with Crippen LogP contribution in [-0.4, -0.2) is 90.0 Å². The standard InChI is InChI=1S/C33H53N3O6/c1-32(2,31(37)35-21-25-9-15-39-16-10-25)20-27-6-7-28(22-34-27)41-23-26-5-8-30-29(19-26)36(13-4-14-38-3)24-33(42-30)11-17-40-18-12-33/h5,8,19,25,27-28,34H,4,6-7,9-18,20-24H2,1-3H3,(H,35,37)/t27?,28-/m1/s1. The molecule has 0 aromatic heterocycles. The van der Waals surface area contributed by atoms with Gasteiger partial charge < -0.3 is 39.2 Å². The van der Waals surface area contributed by atoms with Crippen LogP contribution in [0, 0.1) is 11.3 Å². The van der Waals surface area contributed by atoms with Crippen molar-refractivity contribution in [3.8, 4) is 5.75 Å². The van der Waals surface area contributed by atoms with Crippen LogP contribution in [0.25, 0.3) is 0 Å². The highest BCUT2D eigenvalue weighted by atomic mass is 16.5. The van der Waals surface area contributed by atoms with Crippen molar-refractivity contribution >= 4 is 11.6 Å². The molecule has 0 bridgehead atoms. The van der Waals surface area contributed by atoms with Crippen molar-refractivity contribution in [3.05, 3.63) is 23.8 Å². The van der Waals surface area contributed by atoms with E-state index in [1.54, 1.807) is 7.11 Å². The number of benzene rings is 1. The van der Waals surface area contributed by atoms with Crippen LogP contribution in [0.2, 0.25) is 0 Å². The van der Waals surface area contributed by atoms with E-state index in [-0.39, 0.29) is 17.6 Å². The number of hydrogen-bond acceptors (Lipinski definition) is 8. The maximum absolute atomic E-state index is 13.0. The zero-order valence-corrected chi connectivity index (χ0v) is 26.1. The summed E-state index contributed by atoms with van der Waals surface area (Å²) >= 11 is 0. The minimum absolute atomic E-state index is 0.157. The van der Waals surface area contributed by atoms with Crippen LogP contribution >= 0.6 is 0 Å². The number of amides is 1. The third-order valence-electron chi connectivity index (χ3n) is 9.57. The molecule has 9 nitrogen and oxygen atoms in total. The van der Waals surface area contributed by atoms with Gasteiger partial charge in [0.2, 0.25) is 5.91 Å². The van der Waals surface area contributed by atoms with Crippen molar-refractivity contribution in [1.29, 1.82) is 0 Å². The van der Waals surface area contributed by atoms with E-state index in [1.807, 2.05) is 0 Å². The smallest absolute Gasteiger partial charge is 0.225 e. The van der Waals surface area contributed by atoms with Crippen LogP contribution < -0.4 is 20.3 Å². The molecule has 2 atom stereocenters. The lowest BCUT2D eigenvalue weighted by atomic mass is 9.82. The van der Waals surface area contributed by atoms with Gasteiger partial charge in [0.15, 0.2) is 0 Å². The van der Waals surface area contributed by atoms with Crippen molar-refractivity contribution in [2.45, 2.75) is 89.6 Å². The molecule has 42 heavy (non-hydrogen) atoms. The summed E-state index contributed by atoms with van der Waals surface area (Å²) in [6.45, 7) is 12.0. The lowest BCUT2D eigenvalue weighted by Crippen LogP contribution is -2.54.